The molecule has 15 heavy (non-hydrogen) atoms. The van der Waals surface area contributed by atoms with Crippen LogP contribution in [-0.4, -0.2) is 16.9 Å². The molecule has 3 heteroatoms. The second-order valence-corrected chi connectivity index (χ2v) is 4.40. The highest BCUT2D eigenvalue weighted by atomic mass is 16.4. The van der Waals surface area contributed by atoms with E-state index < -0.39 is 5.97 Å². The summed E-state index contributed by atoms with van der Waals surface area (Å²) >= 11 is 0. The number of carbonyl (C=O) groups excluding carboxylic acids is 1. The van der Waals surface area contributed by atoms with Gasteiger partial charge in [-0.25, -0.2) is 0 Å². The van der Waals surface area contributed by atoms with E-state index in [2.05, 4.69) is 0 Å². The number of rotatable bonds is 5. The number of carboxylic acids is 1. The number of Topliss-reactive ketones (excluding diaryl/α,β-unsaturated/α-hetero) is 1. The zero-order valence-corrected chi connectivity index (χ0v) is 9.21. The highest BCUT2D eigenvalue weighted by molar-refractivity contribution is 5.81. The van der Waals surface area contributed by atoms with Gasteiger partial charge < -0.3 is 5.11 Å². The number of carbonyl (C=O) groups is 2. The van der Waals surface area contributed by atoms with Crippen molar-refractivity contribution in [3.05, 3.63) is 0 Å². The van der Waals surface area contributed by atoms with Crippen LogP contribution in [0.25, 0.3) is 0 Å². The fourth-order valence-electron chi connectivity index (χ4n) is 2.20. The van der Waals surface area contributed by atoms with Crippen LogP contribution in [0.3, 0.4) is 0 Å². The van der Waals surface area contributed by atoms with Gasteiger partial charge in [-0.1, -0.05) is 19.3 Å². The van der Waals surface area contributed by atoms with Crippen LogP contribution >= 0.6 is 0 Å². The molecule has 3 nitrogen and oxygen atoms in total. The minimum absolute atomic E-state index is 0.223. The first-order valence-electron chi connectivity index (χ1n) is 5.94. The van der Waals surface area contributed by atoms with Crippen molar-refractivity contribution < 1.29 is 14.7 Å². The van der Waals surface area contributed by atoms with E-state index in [9.17, 15) is 9.59 Å². The Hall–Kier alpha value is -0.860. The van der Waals surface area contributed by atoms with E-state index in [1.165, 1.54) is 6.42 Å². The number of hydrogen-bond donors (Lipinski definition) is 1. The molecule has 0 spiro atoms. The Bertz CT molecular complexity index is 223. The molecule has 1 atom stereocenters. The van der Waals surface area contributed by atoms with E-state index >= 15 is 0 Å². The van der Waals surface area contributed by atoms with Gasteiger partial charge in [-0.3, -0.25) is 9.59 Å². The zero-order chi connectivity index (χ0) is 11.1. The van der Waals surface area contributed by atoms with Gasteiger partial charge in [-0.05, 0) is 25.7 Å². The van der Waals surface area contributed by atoms with Crippen molar-refractivity contribution in [3.63, 3.8) is 0 Å². The fourth-order valence-corrected chi connectivity index (χ4v) is 2.20. The van der Waals surface area contributed by atoms with Gasteiger partial charge in [-0.2, -0.15) is 0 Å². The van der Waals surface area contributed by atoms with Crippen LogP contribution in [0.2, 0.25) is 0 Å². The lowest BCUT2D eigenvalue weighted by Gasteiger charge is -2.11. The third-order valence-corrected chi connectivity index (χ3v) is 3.12. The fraction of sp³-hybridized carbons (Fsp3) is 0.833. The molecule has 0 radical (unpaired) electrons. The van der Waals surface area contributed by atoms with E-state index in [0.717, 1.165) is 38.5 Å². The van der Waals surface area contributed by atoms with Crippen molar-refractivity contribution in [1.82, 2.24) is 0 Å². The molecule has 0 bridgehead atoms. The molecular weight excluding hydrogens is 192 g/mol. The molecule has 0 aliphatic heterocycles. The van der Waals surface area contributed by atoms with Crippen LogP contribution in [0.4, 0.5) is 0 Å². The highest BCUT2D eigenvalue weighted by Gasteiger charge is 2.19. The van der Waals surface area contributed by atoms with Gasteiger partial charge in [0.2, 0.25) is 0 Å². The maximum absolute atomic E-state index is 11.6. The molecule has 0 heterocycles. The summed E-state index contributed by atoms with van der Waals surface area (Å²) in [6, 6.07) is 0. The van der Waals surface area contributed by atoms with E-state index in [0.29, 0.717) is 12.2 Å². The smallest absolute Gasteiger partial charge is 0.303 e. The summed E-state index contributed by atoms with van der Waals surface area (Å²) in [5.41, 5.74) is 0. The van der Waals surface area contributed by atoms with Crippen molar-refractivity contribution in [2.24, 2.45) is 5.92 Å². The average Bonchev–Trinajstić information content (AvgIpc) is 2.38. The molecule has 1 fully saturated rings. The third-order valence-electron chi connectivity index (χ3n) is 3.12. The van der Waals surface area contributed by atoms with Crippen LogP contribution in [0.1, 0.15) is 57.8 Å². The minimum Gasteiger partial charge on any atom is -0.481 e. The molecule has 1 aliphatic rings. The van der Waals surface area contributed by atoms with Crippen LogP contribution in [0, 0.1) is 5.92 Å². The average molecular weight is 212 g/mol. The molecule has 1 rings (SSSR count). The number of hydrogen-bond acceptors (Lipinski definition) is 2. The van der Waals surface area contributed by atoms with Crippen molar-refractivity contribution in [3.8, 4) is 0 Å². The maximum atomic E-state index is 11.6. The Morgan fingerprint density at radius 3 is 2.80 bits per heavy atom. The predicted octanol–water partition coefficient (Wildman–Crippen LogP) is 2.78. The Morgan fingerprint density at radius 1 is 1.27 bits per heavy atom. The van der Waals surface area contributed by atoms with Crippen molar-refractivity contribution in [2.45, 2.75) is 57.8 Å². The molecule has 0 aromatic rings. The largest absolute Gasteiger partial charge is 0.481 e. The molecule has 1 N–H and O–H groups in total. The quantitative estimate of drug-likeness (QED) is 0.563. The molecular formula is C12H20O3. The lowest BCUT2D eigenvalue weighted by molar-refractivity contribution is -0.137. The standard InChI is InChI=1S/C12H20O3/c13-11-8-3-1-2-6-10(11)7-4-5-9-12(14)15/h10H,1-9H2,(H,14,15). The summed E-state index contributed by atoms with van der Waals surface area (Å²) in [7, 11) is 0. The van der Waals surface area contributed by atoms with Crippen LogP contribution < -0.4 is 0 Å². The van der Waals surface area contributed by atoms with Gasteiger partial charge in [0.1, 0.15) is 5.78 Å². The summed E-state index contributed by atoms with van der Waals surface area (Å²) in [6.45, 7) is 0. The maximum Gasteiger partial charge on any atom is 0.303 e. The first-order chi connectivity index (χ1) is 7.20. The van der Waals surface area contributed by atoms with E-state index in [1.54, 1.807) is 0 Å². The number of unbranched alkanes of at least 4 members (excludes halogenated alkanes) is 1. The number of ketones is 1. The van der Waals surface area contributed by atoms with Gasteiger partial charge in [-0.15, -0.1) is 0 Å². The number of aliphatic carboxylic acids is 1. The summed E-state index contributed by atoms with van der Waals surface area (Å²) in [6.07, 6.45) is 7.86. The molecule has 1 saturated carbocycles. The minimum atomic E-state index is -0.734. The SMILES string of the molecule is O=C(O)CCCCC1CCCCCC1=O. The van der Waals surface area contributed by atoms with Crippen molar-refractivity contribution in [1.29, 1.82) is 0 Å². The lowest BCUT2D eigenvalue weighted by atomic mass is 9.93. The lowest BCUT2D eigenvalue weighted by Crippen LogP contribution is -2.12. The Morgan fingerprint density at radius 2 is 2.07 bits per heavy atom. The topological polar surface area (TPSA) is 54.4 Å². The van der Waals surface area contributed by atoms with E-state index in [1.807, 2.05) is 0 Å². The van der Waals surface area contributed by atoms with E-state index in [-0.39, 0.29) is 12.3 Å². The van der Waals surface area contributed by atoms with Crippen molar-refractivity contribution in [2.75, 3.05) is 0 Å². The van der Waals surface area contributed by atoms with Gasteiger partial charge in [0.25, 0.3) is 0 Å². The summed E-state index contributed by atoms with van der Waals surface area (Å²) in [5, 5.41) is 8.48. The second-order valence-electron chi connectivity index (χ2n) is 4.40. The normalized spacial score (nSPS) is 22.4. The second kappa shape index (κ2) is 6.59. The molecule has 0 aromatic carbocycles. The summed E-state index contributed by atoms with van der Waals surface area (Å²) in [4.78, 5) is 21.9. The van der Waals surface area contributed by atoms with Gasteiger partial charge in [0.15, 0.2) is 0 Å². The molecule has 86 valence electrons. The zero-order valence-electron chi connectivity index (χ0n) is 9.21. The van der Waals surface area contributed by atoms with Gasteiger partial charge in [0, 0.05) is 18.8 Å². The molecule has 0 saturated heterocycles. The van der Waals surface area contributed by atoms with Crippen molar-refractivity contribution >= 4 is 11.8 Å². The monoisotopic (exact) mass is 212 g/mol. The Kier molecular flexibility index (Phi) is 5.37. The highest BCUT2D eigenvalue weighted by Crippen LogP contribution is 2.24. The van der Waals surface area contributed by atoms with Crippen LogP contribution in [0.5, 0.6) is 0 Å². The first-order valence-corrected chi connectivity index (χ1v) is 5.94. The van der Waals surface area contributed by atoms with Gasteiger partial charge in [0.05, 0.1) is 0 Å². The number of carboxylic acid groups (broad SMARTS) is 1. The van der Waals surface area contributed by atoms with Gasteiger partial charge >= 0.3 is 5.97 Å². The third kappa shape index (κ3) is 4.96. The molecule has 0 aromatic heterocycles. The predicted molar refractivity (Wildman–Crippen MR) is 57.7 cm³/mol. The van der Waals surface area contributed by atoms with Crippen LogP contribution in [-0.2, 0) is 9.59 Å². The summed E-state index contributed by atoms with van der Waals surface area (Å²) in [5.74, 6) is -0.105. The van der Waals surface area contributed by atoms with E-state index in [4.69, 9.17) is 5.11 Å². The molecule has 1 aliphatic carbocycles. The Balaban J connectivity index is 2.18. The summed E-state index contributed by atoms with van der Waals surface area (Å²) < 4.78 is 0. The first kappa shape index (κ1) is 12.2. The molecule has 1 unspecified atom stereocenters. The molecule has 0 amide bonds. The Labute approximate surface area is 90.9 Å². The van der Waals surface area contributed by atoms with Crippen LogP contribution in [0.15, 0.2) is 0 Å².